The van der Waals surface area contributed by atoms with Crippen molar-refractivity contribution >= 4 is 22.8 Å². The maximum absolute atomic E-state index is 12.8. The first kappa shape index (κ1) is 19.7. The summed E-state index contributed by atoms with van der Waals surface area (Å²) >= 11 is 1.67. The van der Waals surface area contributed by atoms with Gasteiger partial charge in [-0.1, -0.05) is 19.1 Å². The number of hydrogen-bond donors (Lipinski definition) is 2. The van der Waals surface area contributed by atoms with E-state index in [1.165, 1.54) is 0 Å². The average molecular weight is 407 g/mol. The second-order valence-electron chi connectivity index (χ2n) is 8.12. The zero-order valence-electron chi connectivity index (χ0n) is 16.6. The highest BCUT2D eigenvalue weighted by Crippen LogP contribution is 2.31. The molecule has 3 heterocycles. The summed E-state index contributed by atoms with van der Waals surface area (Å²) in [5.74, 6) is 0.796. The van der Waals surface area contributed by atoms with Crippen LogP contribution in [-0.4, -0.2) is 28.8 Å². The number of nitrogens with two attached hydrogens (primary N) is 1. The molecule has 1 fully saturated rings. The predicted octanol–water partition coefficient (Wildman–Crippen LogP) is 4.14. The van der Waals surface area contributed by atoms with Gasteiger partial charge in [-0.2, -0.15) is 0 Å². The first-order chi connectivity index (χ1) is 14.0. The van der Waals surface area contributed by atoms with E-state index < -0.39 is 0 Å². The second-order valence-corrected chi connectivity index (χ2v) is 9.06. The van der Waals surface area contributed by atoms with Gasteiger partial charge in [0.1, 0.15) is 5.82 Å². The molecule has 0 aliphatic carbocycles. The Morgan fingerprint density at radius 3 is 2.66 bits per heavy atom. The van der Waals surface area contributed by atoms with E-state index >= 15 is 0 Å². The van der Waals surface area contributed by atoms with E-state index in [2.05, 4.69) is 28.3 Å². The topological polar surface area (TPSA) is 80.9 Å². The molecular weight excluding hydrogens is 380 g/mol. The molecule has 0 atom stereocenters. The molecule has 5 nitrogen and oxygen atoms in total. The van der Waals surface area contributed by atoms with E-state index in [-0.39, 0.29) is 17.6 Å². The lowest BCUT2D eigenvalue weighted by Crippen LogP contribution is -2.36. The van der Waals surface area contributed by atoms with Gasteiger partial charge in [-0.15, -0.1) is 11.3 Å². The molecule has 0 radical (unpaired) electrons. The van der Waals surface area contributed by atoms with Crippen LogP contribution < -0.4 is 11.1 Å². The predicted molar refractivity (Wildman–Crippen MR) is 118 cm³/mol. The number of nitrogens with zero attached hydrogens (tertiary/aromatic N) is 2. The monoisotopic (exact) mass is 406 g/mol. The van der Waals surface area contributed by atoms with Crippen LogP contribution in [0.25, 0.3) is 10.4 Å². The first-order valence-corrected chi connectivity index (χ1v) is 10.9. The maximum Gasteiger partial charge on any atom is 0.170 e. The van der Waals surface area contributed by atoms with E-state index in [1.54, 1.807) is 23.7 Å². The molecule has 3 aromatic rings. The minimum Gasteiger partial charge on any atom is -0.398 e. The molecule has 0 spiro atoms. The molecule has 2 aromatic heterocycles. The molecule has 3 N–H and O–H groups in total. The zero-order chi connectivity index (χ0) is 20.3. The smallest absolute Gasteiger partial charge is 0.170 e. The minimum atomic E-state index is -0.0142. The van der Waals surface area contributed by atoms with Crippen molar-refractivity contribution < 1.29 is 4.79 Å². The Hall–Kier alpha value is -2.57. The highest BCUT2D eigenvalue weighted by atomic mass is 32.1. The van der Waals surface area contributed by atoms with Gasteiger partial charge in [0, 0.05) is 35.8 Å². The van der Waals surface area contributed by atoms with Gasteiger partial charge in [0.05, 0.1) is 5.56 Å². The van der Waals surface area contributed by atoms with Gasteiger partial charge in [0.2, 0.25) is 0 Å². The van der Waals surface area contributed by atoms with Gasteiger partial charge >= 0.3 is 0 Å². The number of carbonyl (C=O) groups excluding carboxylic acids is 1. The number of rotatable bonds is 6. The van der Waals surface area contributed by atoms with Gasteiger partial charge in [0.15, 0.2) is 5.78 Å². The molecule has 0 saturated carbocycles. The molecule has 6 heteroatoms. The van der Waals surface area contributed by atoms with Crippen molar-refractivity contribution in [1.29, 1.82) is 0 Å². The summed E-state index contributed by atoms with van der Waals surface area (Å²) < 4.78 is 0. The van der Waals surface area contributed by atoms with Crippen LogP contribution in [0.2, 0.25) is 0 Å². The third kappa shape index (κ3) is 4.71. The molecule has 1 aromatic carbocycles. The van der Waals surface area contributed by atoms with Crippen LogP contribution in [0.3, 0.4) is 0 Å². The summed E-state index contributed by atoms with van der Waals surface area (Å²) in [6.07, 6.45) is 6.66. The van der Waals surface area contributed by atoms with Crippen molar-refractivity contribution in [3.63, 3.8) is 0 Å². The van der Waals surface area contributed by atoms with Crippen molar-refractivity contribution in [3.8, 4) is 10.4 Å². The van der Waals surface area contributed by atoms with Gasteiger partial charge in [0.25, 0.3) is 0 Å². The lowest BCUT2D eigenvalue weighted by Gasteiger charge is -2.33. The Morgan fingerprint density at radius 1 is 1.21 bits per heavy atom. The Morgan fingerprint density at radius 2 is 1.97 bits per heavy atom. The van der Waals surface area contributed by atoms with E-state index in [0.717, 1.165) is 54.2 Å². The van der Waals surface area contributed by atoms with E-state index in [4.69, 9.17) is 5.73 Å². The minimum absolute atomic E-state index is 0.0142. The summed E-state index contributed by atoms with van der Waals surface area (Å²) in [7, 11) is 0. The summed E-state index contributed by atoms with van der Waals surface area (Å²) in [5, 5.41) is 5.44. The normalized spacial score (nSPS) is 15.9. The average Bonchev–Trinajstić information content (AvgIpc) is 3.25. The number of aromatic nitrogens is 2. The lowest BCUT2D eigenvalue weighted by molar-refractivity contribution is 0.0992. The quantitative estimate of drug-likeness (QED) is 0.475. The first-order valence-electron chi connectivity index (χ1n) is 10.00. The Kier molecular flexibility index (Phi) is 5.74. The fourth-order valence-electron chi connectivity index (χ4n) is 3.81. The summed E-state index contributed by atoms with van der Waals surface area (Å²) in [6, 6.07) is 9.96. The molecule has 0 amide bonds. The number of carbonyl (C=O) groups is 1. The Labute approximate surface area is 175 Å². The number of thiophene rings is 1. The highest BCUT2D eigenvalue weighted by molar-refractivity contribution is 7.13. The third-order valence-corrected chi connectivity index (χ3v) is 6.64. The molecule has 1 aliphatic rings. The Bertz CT molecular complexity index is 977. The van der Waals surface area contributed by atoms with Crippen LogP contribution in [0.4, 0.5) is 5.69 Å². The van der Waals surface area contributed by atoms with Crippen molar-refractivity contribution in [2.75, 3.05) is 18.8 Å². The maximum atomic E-state index is 12.8. The standard InChI is InChI=1S/C23H26N4OS/c1-23(6-8-25-9-7-23)13-22-26-14-18(15-27-22)20(28)12-17-11-16(4-5-19(17)24)21-3-2-10-29-21/h2-5,10-11,14-15,25H,6-9,12-13,24H2,1H3. The summed E-state index contributed by atoms with van der Waals surface area (Å²) in [5.41, 5.74) is 9.45. The summed E-state index contributed by atoms with van der Waals surface area (Å²) in [6.45, 7) is 4.37. The number of ketones is 1. The van der Waals surface area contributed by atoms with Gasteiger partial charge < -0.3 is 11.1 Å². The fourth-order valence-corrected chi connectivity index (χ4v) is 4.53. The number of nitrogen functional groups attached to an aromatic ring is 1. The lowest BCUT2D eigenvalue weighted by atomic mass is 9.78. The molecule has 1 aliphatic heterocycles. The van der Waals surface area contributed by atoms with Crippen LogP contribution >= 0.6 is 11.3 Å². The zero-order valence-corrected chi connectivity index (χ0v) is 17.5. The van der Waals surface area contributed by atoms with Crippen LogP contribution in [-0.2, 0) is 12.8 Å². The van der Waals surface area contributed by atoms with Gasteiger partial charge in [-0.05, 0) is 66.1 Å². The molecule has 0 bridgehead atoms. The van der Waals surface area contributed by atoms with E-state index in [9.17, 15) is 4.79 Å². The number of hydrogen-bond acceptors (Lipinski definition) is 6. The van der Waals surface area contributed by atoms with E-state index in [0.29, 0.717) is 11.3 Å². The number of nitrogens with one attached hydrogen (secondary N) is 1. The van der Waals surface area contributed by atoms with Gasteiger partial charge in [-0.25, -0.2) is 9.97 Å². The van der Waals surface area contributed by atoms with Crippen LogP contribution in [0, 0.1) is 5.41 Å². The number of benzene rings is 1. The number of piperidine rings is 1. The number of anilines is 1. The SMILES string of the molecule is CC1(Cc2ncc(C(=O)Cc3cc(-c4cccs4)ccc3N)cn2)CCNCC1. The van der Waals surface area contributed by atoms with Crippen molar-refractivity contribution in [2.45, 2.75) is 32.6 Å². The molecule has 4 rings (SSSR count). The molecule has 1 saturated heterocycles. The van der Waals surface area contributed by atoms with Gasteiger partial charge in [-0.3, -0.25) is 4.79 Å². The van der Waals surface area contributed by atoms with Crippen molar-refractivity contribution in [3.05, 3.63) is 65.1 Å². The third-order valence-electron chi connectivity index (χ3n) is 5.72. The molecule has 150 valence electrons. The van der Waals surface area contributed by atoms with E-state index in [1.807, 2.05) is 29.6 Å². The fraction of sp³-hybridized carbons (Fsp3) is 0.348. The molecular formula is C23H26N4OS. The summed E-state index contributed by atoms with van der Waals surface area (Å²) in [4.78, 5) is 22.9. The number of Topliss-reactive ketones (excluding diaryl/α,β-unsaturated/α-hetero) is 1. The largest absolute Gasteiger partial charge is 0.398 e. The van der Waals surface area contributed by atoms with Crippen molar-refractivity contribution in [1.82, 2.24) is 15.3 Å². The molecule has 0 unspecified atom stereocenters. The molecule has 29 heavy (non-hydrogen) atoms. The van der Waals surface area contributed by atoms with Crippen LogP contribution in [0.15, 0.2) is 48.1 Å². The van der Waals surface area contributed by atoms with Crippen LogP contribution in [0.5, 0.6) is 0 Å². The van der Waals surface area contributed by atoms with Crippen LogP contribution in [0.1, 0.15) is 41.5 Å². The van der Waals surface area contributed by atoms with Crippen molar-refractivity contribution in [2.24, 2.45) is 5.41 Å². The Balaban J connectivity index is 1.45. The second kappa shape index (κ2) is 8.43. The highest BCUT2D eigenvalue weighted by Gasteiger charge is 2.28.